The zero-order valence-corrected chi connectivity index (χ0v) is 37.3. The van der Waals surface area contributed by atoms with Crippen LogP contribution in [0.5, 0.6) is 0 Å². The molecule has 1 aromatic heterocycles. The summed E-state index contributed by atoms with van der Waals surface area (Å²) in [5, 5.41) is 12.6. The van der Waals surface area contributed by atoms with Crippen LogP contribution >= 0.6 is 0 Å². The predicted molar refractivity (Wildman–Crippen MR) is 226 cm³/mol. The van der Waals surface area contributed by atoms with Crippen LogP contribution in [0.2, 0.25) is 0 Å². The molecule has 7 rings (SSSR count). The third-order valence-electron chi connectivity index (χ3n) is 11.7. The molecule has 0 saturated heterocycles. The number of nitrogens with zero attached hydrogens (tertiary/aromatic N) is 2. The molecule has 0 spiro atoms. The molecule has 0 aliphatic rings. The number of fused-ring (bicyclic) bond motifs is 1. The molecule has 0 aliphatic heterocycles. The molecule has 410 valence electrons. The number of hydrogen-bond donors (Lipinski definition) is 0. The molecule has 0 N–H and O–H groups in total. The number of nitro benzene ring substituents is 1. The lowest BCUT2D eigenvalue weighted by atomic mass is 9.12. The van der Waals surface area contributed by atoms with Gasteiger partial charge in [-0.1, -0.05) is 78.9 Å². The molecule has 0 aliphatic carbocycles. The van der Waals surface area contributed by atoms with Gasteiger partial charge in [-0.15, -0.1) is 0 Å². The highest BCUT2D eigenvalue weighted by Gasteiger charge is 2.47. The molecule has 0 saturated carbocycles. The molecule has 29 heteroatoms. The van der Waals surface area contributed by atoms with Crippen molar-refractivity contribution >= 4 is 44.5 Å². The van der Waals surface area contributed by atoms with Gasteiger partial charge in [0.05, 0.1) is 49.4 Å². The van der Waals surface area contributed by atoms with Crippen LogP contribution in [0, 0.1) is 10.1 Å². The van der Waals surface area contributed by atoms with Gasteiger partial charge in [-0.05, 0) is 30.3 Å². The molecule has 0 unspecified atom stereocenters. The standard InChI is InChI=1S/C32H12BF24.C16H13N2O2/c34-25(35,36)13-1-14(26(37,38)39)6-21(5-13)33(22-7-15(27(40,41)42)2-16(8-22)28(43,44)45,23-9-17(29(46,47)48)3-18(10-23)30(49,50)51)24-11-19(31(52,53)54)4-20(12-24)32(55,56)57;19-18(20)16-7-6-15-12-17(9-8-14(15)10-16)11-13-4-2-1-3-5-13/h1-12H;1-10,12H,11H2/q-1;+1. The molecule has 77 heavy (non-hydrogen) atoms. The summed E-state index contributed by atoms with van der Waals surface area (Å²) in [5.41, 5.74) is -28.9. The summed E-state index contributed by atoms with van der Waals surface area (Å²) >= 11 is 0. The molecular weight excluding hydrogens is 1100 g/mol. The number of benzene rings is 6. The van der Waals surface area contributed by atoms with E-state index in [2.05, 4.69) is 16.7 Å². The van der Waals surface area contributed by atoms with Gasteiger partial charge in [-0.3, -0.25) is 10.1 Å². The molecule has 0 fully saturated rings. The maximum Gasteiger partial charge on any atom is 0.416 e. The Morgan fingerprint density at radius 3 is 0.909 bits per heavy atom. The van der Waals surface area contributed by atoms with E-state index < -0.39 is 195 Å². The van der Waals surface area contributed by atoms with Gasteiger partial charge < -0.3 is 0 Å². The van der Waals surface area contributed by atoms with Gasteiger partial charge in [0, 0.05) is 34.5 Å². The van der Waals surface area contributed by atoms with Crippen LogP contribution in [0.15, 0.2) is 140 Å². The summed E-state index contributed by atoms with van der Waals surface area (Å²) in [4.78, 5) is 10.4. The average molecular weight is 1130 g/mol. The monoisotopic (exact) mass is 1130 g/mol. The third-order valence-corrected chi connectivity index (χ3v) is 11.7. The highest BCUT2D eigenvalue weighted by atomic mass is 19.4. The summed E-state index contributed by atoms with van der Waals surface area (Å²) in [6.45, 7) is 0.785. The van der Waals surface area contributed by atoms with E-state index in [4.69, 9.17) is 0 Å². The number of nitro groups is 1. The van der Waals surface area contributed by atoms with Gasteiger partial charge >= 0.3 is 49.4 Å². The summed E-state index contributed by atoms with van der Waals surface area (Å²) in [6, 6.07) is 8.20. The maximum atomic E-state index is 14.2. The lowest BCUT2D eigenvalue weighted by Crippen LogP contribution is -2.75. The van der Waals surface area contributed by atoms with Gasteiger partial charge in [-0.2, -0.15) is 127 Å². The van der Waals surface area contributed by atoms with Gasteiger partial charge in [0.15, 0.2) is 18.9 Å². The maximum absolute atomic E-state index is 14.2. The fourth-order valence-corrected chi connectivity index (χ4v) is 8.30. The van der Waals surface area contributed by atoms with Crippen molar-refractivity contribution in [3.05, 3.63) is 200 Å². The number of hydrogen-bond acceptors (Lipinski definition) is 2. The lowest BCUT2D eigenvalue weighted by molar-refractivity contribution is -0.687. The average Bonchev–Trinajstić information content (AvgIpc) is 3.29. The van der Waals surface area contributed by atoms with Crippen LogP contribution < -0.4 is 26.4 Å². The smallest absolute Gasteiger partial charge is 0.258 e. The Bertz CT molecular complexity index is 2880. The first-order valence-corrected chi connectivity index (χ1v) is 21.0. The van der Waals surface area contributed by atoms with Gasteiger partial charge in [0.2, 0.25) is 0 Å². The van der Waals surface area contributed by atoms with Crippen molar-refractivity contribution in [2.45, 2.75) is 56.0 Å². The summed E-state index contributed by atoms with van der Waals surface area (Å²) in [5.74, 6) is 0. The molecule has 1 heterocycles. The topological polar surface area (TPSA) is 47.0 Å². The van der Waals surface area contributed by atoms with Crippen molar-refractivity contribution in [2.24, 2.45) is 0 Å². The second-order valence-corrected chi connectivity index (χ2v) is 16.9. The Kier molecular flexibility index (Phi) is 15.4. The van der Waals surface area contributed by atoms with Crippen molar-refractivity contribution in [2.75, 3.05) is 0 Å². The molecule has 4 nitrogen and oxygen atoms in total. The van der Waals surface area contributed by atoms with Crippen LogP contribution in [0.1, 0.15) is 50.1 Å². The summed E-state index contributed by atoms with van der Waals surface area (Å²) in [6.07, 6.45) is -50.9. The van der Waals surface area contributed by atoms with E-state index in [9.17, 15) is 115 Å². The van der Waals surface area contributed by atoms with Crippen LogP contribution in [-0.2, 0) is 56.0 Å². The van der Waals surface area contributed by atoms with Crippen molar-refractivity contribution in [3.63, 3.8) is 0 Å². The molecule has 6 aromatic carbocycles. The van der Waals surface area contributed by atoms with Gasteiger partial charge in [0.1, 0.15) is 6.15 Å². The van der Waals surface area contributed by atoms with E-state index in [-0.39, 0.29) is 10.6 Å². The van der Waals surface area contributed by atoms with Crippen molar-refractivity contribution in [1.82, 2.24) is 0 Å². The van der Waals surface area contributed by atoms with Crippen LogP contribution in [-0.4, -0.2) is 11.1 Å². The molecule has 0 amide bonds. The van der Waals surface area contributed by atoms with E-state index in [0.717, 1.165) is 17.3 Å². The largest absolute Gasteiger partial charge is 0.416 e. The van der Waals surface area contributed by atoms with Crippen molar-refractivity contribution in [1.29, 1.82) is 0 Å². The molecule has 7 aromatic rings. The quantitative estimate of drug-likeness (QED) is 0.0525. The molecule has 0 radical (unpaired) electrons. The van der Waals surface area contributed by atoms with E-state index in [1.165, 1.54) is 11.6 Å². The minimum Gasteiger partial charge on any atom is -0.258 e. The third kappa shape index (κ3) is 13.4. The Hall–Kier alpha value is -7.49. The molecular formula is C48H25BF24N2O2. The lowest BCUT2D eigenvalue weighted by Gasteiger charge is -2.46. The minimum absolute atomic E-state index is 0.123. The zero-order chi connectivity index (χ0) is 57.9. The van der Waals surface area contributed by atoms with Gasteiger partial charge in [0.25, 0.3) is 5.69 Å². The fourth-order valence-electron chi connectivity index (χ4n) is 8.30. The van der Waals surface area contributed by atoms with E-state index in [1.54, 1.807) is 12.1 Å². The Morgan fingerprint density at radius 1 is 0.364 bits per heavy atom. The first-order valence-electron chi connectivity index (χ1n) is 21.0. The zero-order valence-electron chi connectivity index (χ0n) is 37.3. The second-order valence-electron chi connectivity index (χ2n) is 16.9. The second kappa shape index (κ2) is 20.1. The first kappa shape index (κ1) is 58.8. The highest BCUT2D eigenvalue weighted by Crippen LogP contribution is 2.41. The number of aromatic nitrogens is 1. The van der Waals surface area contributed by atoms with E-state index in [0.29, 0.717) is 0 Å². The van der Waals surface area contributed by atoms with Crippen molar-refractivity contribution < 1.29 is 115 Å². The Balaban J connectivity index is 0.000000397. The minimum atomic E-state index is -6.13. The fraction of sp³-hybridized carbons (Fsp3) is 0.188. The first-order chi connectivity index (χ1) is 35.0. The number of pyridine rings is 1. The summed E-state index contributed by atoms with van der Waals surface area (Å²) < 4.78 is 343. The van der Waals surface area contributed by atoms with Crippen LogP contribution in [0.3, 0.4) is 0 Å². The van der Waals surface area contributed by atoms with E-state index >= 15 is 0 Å². The Morgan fingerprint density at radius 2 is 0.649 bits per heavy atom. The summed E-state index contributed by atoms with van der Waals surface area (Å²) in [7, 11) is 0. The van der Waals surface area contributed by atoms with Crippen LogP contribution in [0.25, 0.3) is 10.8 Å². The molecule has 0 atom stereocenters. The van der Waals surface area contributed by atoms with Crippen molar-refractivity contribution in [3.8, 4) is 0 Å². The number of non-ortho nitro benzene ring substituents is 1. The van der Waals surface area contributed by atoms with E-state index in [1.807, 2.05) is 36.7 Å². The number of rotatable bonds is 7. The normalized spacial score (nSPS) is 13.4. The van der Waals surface area contributed by atoms with Gasteiger partial charge in [-0.25, -0.2) is 4.57 Å². The highest BCUT2D eigenvalue weighted by molar-refractivity contribution is 7.20. The number of alkyl halides is 24. The Labute approximate surface area is 414 Å². The predicted octanol–water partition coefficient (Wildman–Crippen LogP) is 14.3. The number of halogens is 24. The van der Waals surface area contributed by atoms with Crippen LogP contribution in [0.4, 0.5) is 111 Å². The SMILES string of the molecule is FC(F)(F)c1cc([B-](c2cc(C(F)(F)F)cc(C(F)(F)F)c2)(c2cc(C(F)(F)F)cc(C(F)(F)F)c2)c2cc(C(F)(F)F)cc(C(F)(F)F)c2)cc(C(F)(F)F)c1.O=[N+]([O-])c1ccc2c[n+](Cc3ccccc3)ccc2c1. The molecule has 0 bridgehead atoms.